The maximum atomic E-state index is 12.8. The Kier molecular flexibility index (Phi) is 4.75. The van der Waals surface area contributed by atoms with E-state index >= 15 is 0 Å². The lowest BCUT2D eigenvalue weighted by Crippen LogP contribution is -2.18. The van der Waals surface area contributed by atoms with Crippen molar-refractivity contribution in [1.29, 1.82) is 0 Å². The van der Waals surface area contributed by atoms with Crippen LogP contribution >= 0.6 is 0 Å². The number of amidine groups is 1. The standard InChI is InChI=1S/C15H10F6N2S/c1-9-2-4-23(5-3-9)13(24)22-12-7-10(14(16,17)18)6-11(8-12)15(19,20)21/h2-8H,1H2,(H,22,24)/p-1. The normalized spacial score (nSPS) is 16.0. The van der Waals surface area contributed by atoms with Gasteiger partial charge >= 0.3 is 12.4 Å². The molecule has 2 nitrogen and oxygen atoms in total. The van der Waals surface area contributed by atoms with E-state index in [1.807, 2.05) is 0 Å². The van der Waals surface area contributed by atoms with Crippen molar-refractivity contribution in [1.82, 2.24) is 4.90 Å². The minimum absolute atomic E-state index is 0.0345. The van der Waals surface area contributed by atoms with Gasteiger partial charge in [0.05, 0.1) is 16.8 Å². The highest BCUT2D eigenvalue weighted by Gasteiger charge is 2.36. The molecule has 0 aromatic heterocycles. The summed E-state index contributed by atoms with van der Waals surface area (Å²) in [5, 5.41) is -0.206. The largest absolute Gasteiger partial charge is 0.742 e. The Morgan fingerprint density at radius 2 is 1.38 bits per heavy atom. The summed E-state index contributed by atoms with van der Waals surface area (Å²) in [5.41, 5.74) is -2.77. The van der Waals surface area contributed by atoms with Gasteiger partial charge in [-0.2, -0.15) is 26.3 Å². The molecule has 0 N–H and O–H groups in total. The molecular weight excluding hydrogens is 354 g/mol. The third kappa shape index (κ3) is 4.38. The van der Waals surface area contributed by atoms with Crippen LogP contribution in [0.2, 0.25) is 0 Å². The highest BCUT2D eigenvalue weighted by atomic mass is 32.1. The van der Waals surface area contributed by atoms with E-state index in [1.54, 1.807) is 12.2 Å². The molecule has 24 heavy (non-hydrogen) atoms. The first-order valence-electron chi connectivity index (χ1n) is 6.35. The van der Waals surface area contributed by atoms with Gasteiger partial charge in [-0.1, -0.05) is 6.58 Å². The number of hydrogen-bond donors (Lipinski definition) is 0. The second kappa shape index (κ2) is 6.31. The first kappa shape index (κ1) is 18.1. The smallest absolute Gasteiger partial charge is 0.416 e. The monoisotopic (exact) mass is 363 g/mol. The van der Waals surface area contributed by atoms with Gasteiger partial charge in [-0.15, -0.1) is 0 Å². The van der Waals surface area contributed by atoms with Crippen molar-refractivity contribution in [2.24, 2.45) is 4.99 Å². The van der Waals surface area contributed by atoms with E-state index in [0.29, 0.717) is 17.7 Å². The Labute approximate surface area is 138 Å². The maximum Gasteiger partial charge on any atom is 0.416 e. The van der Waals surface area contributed by atoms with Gasteiger partial charge in [0.25, 0.3) is 0 Å². The molecule has 0 amide bonds. The van der Waals surface area contributed by atoms with Crippen LogP contribution in [0.4, 0.5) is 32.0 Å². The second-order valence-corrected chi connectivity index (χ2v) is 5.14. The fourth-order valence-corrected chi connectivity index (χ4v) is 1.98. The van der Waals surface area contributed by atoms with Gasteiger partial charge in [-0.3, -0.25) is 4.99 Å². The summed E-state index contributed by atoms with van der Waals surface area (Å²) in [6.45, 7) is 3.65. The Bertz CT molecular complexity index is 695. The van der Waals surface area contributed by atoms with E-state index in [-0.39, 0.29) is 11.2 Å². The lowest BCUT2D eigenvalue weighted by molar-refractivity contribution is -0.143. The van der Waals surface area contributed by atoms with Crippen LogP contribution in [0.25, 0.3) is 0 Å². The predicted molar refractivity (Wildman–Crippen MR) is 80.2 cm³/mol. The maximum absolute atomic E-state index is 12.8. The van der Waals surface area contributed by atoms with Crippen molar-refractivity contribution >= 4 is 23.5 Å². The molecule has 0 aliphatic carbocycles. The first-order chi connectivity index (χ1) is 11.0. The Morgan fingerprint density at radius 3 is 1.79 bits per heavy atom. The molecule has 1 heterocycles. The van der Waals surface area contributed by atoms with Gasteiger partial charge in [0.1, 0.15) is 0 Å². The zero-order valence-electron chi connectivity index (χ0n) is 11.8. The van der Waals surface area contributed by atoms with Crippen molar-refractivity contribution in [3.63, 3.8) is 0 Å². The zero-order valence-corrected chi connectivity index (χ0v) is 12.6. The SMILES string of the molecule is C=C1C=CN(C([S-])=Nc2cc(C(F)(F)F)cc(C(F)(F)F)c2)C=C1. The molecule has 0 spiro atoms. The minimum Gasteiger partial charge on any atom is -0.742 e. The Balaban J connectivity index is 2.46. The Hall–Kier alpha value is -2.29. The molecule has 0 saturated carbocycles. The molecule has 128 valence electrons. The van der Waals surface area contributed by atoms with Crippen molar-refractivity contribution < 1.29 is 26.3 Å². The van der Waals surface area contributed by atoms with Gasteiger partial charge in [0.2, 0.25) is 0 Å². The summed E-state index contributed by atoms with van der Waals surface area (Å²) in [6.07, 6.45) is -3.84. The molecule has 0 bridgehead atoms. The molecule has 0 unspecified atom stereocenters. The van der Waals surface area contributed by atoms with E-state index in [2.05, 4.69) is 11.6 Å². The van der Waals surface area contributed by atoms with Gasteiger partial charge in [0, 0.05) is 12.4 Å². The van der Waals surface area contributed by atoms with Crippen LogP contribution in [0.15, 0.2) is 59.9 Å². The average Bonchev–Trinajstić information content (AvgIpc) is 2.45. The molecule has 0 atom stereocenters. The first-order valence-corrected chi connectivity index (χ1v) is 6.76. The van der Waals surface area contributed by atoms with E-state index in [4.69, 9.17) is 12.6 Å². The van der Waals surface area contributed by atoms with E-state index in [9.17, 15) is 26.3 Å². The fraction of sp³-hybridized carbons (Fsp3) is 0.133. The average molecular weight is 363 g/mol. The molecule has 0 fully saturated rings. The molecule has 2 rings (SSSR count). The lowest BCUT2D eigenvalue weighted by atomic mass is 10.1. The highest BCUT2D eigenvalue weighted by molar-refractivity contribution is 7.77. The van der Waals surface area contributed by atoms with Crippen molar-refractivity contribution in [3.8, 4) is 0 Å². The molecule has 9 heteroatoms. The quantitative estimate of drug-likeness (QED) is 0.297. The summed E-state index contributed by atoms with van der Waals surface area (Å²) < 4.78 is 76.7. The fourth-order valence-electron chi connectivity index (χ4n) is 1.76. The minimum atomic E-state index is -4.93. The molecule has 1 aromatic rings. The van der Waals surface area contributed by atoms with Crippen LogP contribution < -0.4 is 0 Å². The number of aliphatic imine (C=N–C) groups is 1. The Morgan fingerprint density at radius 1 is 0.917 bits per heavy atom. The third-order valence-electron chi connectivity index (χ3n) is 2.92. The number of alkyl halides is 6. The second-order valence-electron chi connectivity index (χ2n) is 4.77. The summed E-state index contributed by atoms with van der Waals surface area (Å²) in [7, 11) is 0. The van der Waals surface area contributed by atoms with Crippen LogP contribution in [-0.2, 0) is 25.0 Å². The van der Waals surface area contributed by atoms with Crippen molar-refractivity contribution in [2.75, 3.05) is 0 Å². The molecule has 0 saturated heterocycles. The van der Waals surface area contributed by atoms with Crippen LogP contribution in [-0.4, -0.2) is 10.1 Å². The summed E-state index contributed by atoms with van der Waals surface area (Å²) in [6, 6.07) is 1.06. The van der Waals surface area contributed by atoms with Gasteiger partial charge in [0.15, 0.2) is 0 Å². The predicted octanol–water partition coefficient (Wildman–Crippen LogP) is 5.16. The lowest BCUT2D eigenvalue weighted by Gasteiger charge is -2.25. The topological polar surface area (TPSA) is 15.6 Å². The number of allylic oxidation sites excluding steroid dienone is 3. The molecular formula is C15H9F6N2S-. The van der Waals surface area contributed by atoms with Crippen LogP contribution in [0.3, 0.4) is 0 Å². The van der Waals surface area contributed by atoms with E-state index < -0.39 is 29.2 Å². The van der Waals surface area contributed by atoms with Crippen molar-refractivity contribution in [2.45, 2.75) is 12.4 Å². The number of nitrogens with zero attached hydrogens (tertiary/aromatic N) is 2. The van der Waals surface area contributed by atoms with E-state index in [1.165, 1.54) is 17.3 Å². The van der Waals surface area contributed by atoms with Crippen molar-refractivity contribution in [3.05, 3.63) is 66.0 Å². The summed E-state index contributed by atoms with van der Waals surface area (Å²) in [5.74, 6) is 0. The van der Waals surface area contributed by atoms with Gasteiger partial charge in [-0.05, 0) is 41.1 Å². The molecule has 1 aliphatic rings. The van der Waals surface area contributed by atoms with E-state index in [0.717, 1.165) is 0 Å². The third-order valence-corrected chi connectivity index (χ3v) is 3.22. The molecule has 0 radical (unpaired) electrons. The number of benzene rings is 1. The highest BCUT2D eigenvalue weighted by Crippen LogP contribution is 2.38. The van der Waals surface area contributed by atoms with Crippen LogP contribution in [0, 0.1) is 0 Å². The molecule has 1 aromatic carbocycles. The number of hydrogen-bond acceptors (Lipinski definition) is 2. The summed E-state index contributed by atoms with van der Waals surface area (Å²) in [4.78, 5) is 4.96. The van der Waals surface area contributed by atoms with Gasteiger partial charge in [-0.25, -0.2) is 0 Å². The van der Waals surface area contributed by atoms with Crippen LogP contribution in [0.5, 0.6) is 0 Å². The number of halogens is 6. The number of rotatable bonds is 1. The van der Waals surface area contributed by atoms with Gasteiger partial charge < -0.3 is 17.5 Å². The molecule has 1 aliphatic heterocycles. The summed E-state index contributed by atoms with van der Waals surface area (Å²) >= 11 is 4.93. The zero-order chi connectivity index (χ0) is 18.1. The van der Waals surface area contributed by atoms with Crippen LogP contribution in [0.1, 0.15) is 11.1 Å².